The van der Waals surface area contributed by atoms with E-state index in [0.717, 1.165) is 6.42 Å². The van der Waals surface area contributed by atoms with Gasteiger partial charge in [0.25, 0.3) is 0 Å². The summed E-state index contributed by atoms with van der Waals surface area (Å²) in [7, 11) is 0. The van der Waals surface area contributed by atoms with Crippen molar-refractivity contribution in [3.8, 4) is 5.88 Å². The minimum Gasteiger partial charge on any atom is -0.477 e. The molecule has 3 nitrogen and oxygen atoms in total. The highest BCUT2D eigenvalue weighted by atomic mass is 35.5. The molecule has 0 N–H and O–H groups in total. The van der Waals surface area contributed by atoms with Crippen LogP contribution in [0.15, 0.2) is 29.9 Å². The molecule has 2 heterocycles. The van der Waals surface area contributed by atoms with Gasteiger partial charge in [-0.15, -0.1) is 11.3 Å². The van der Waals surface area contributed by atoms with Gasteiger partial charge in [-0.2, -0.15) is 0 Å². The zero-order valence-corrected chi connectivity index (χ0v) is 9.46. The molecule has 2 rings (SSSR count). The largest absolute Gasteiger partial charge is 0.477 e. The first-order valence-corrected chi connectivity index (χ1v) is 5.73. The molecule has 0 saturated carbocycles. The van der Waals surface area contributed by atoms with Crippen molar-refractivity contribution in [2.45, 2.75) is 6.42 Å². The van der Waals surface area contributed by atoms with Crippen LogP contribution >= 0.6 is 22.9 Å². The third kappa shape index (κ3) is 3.18. The van der Waals surface area contributed by atoms with Crippen molar-refractivity contribution in [3.05, 3.63) is 39.9 Å². The lowest BCUT2D eigenvalue weighted by Crippen LogP contribution is -2.01. The summed E-state index contributed by atoms with van der Waals surface area (Å²) in [6, 6.07) is 5.72. The summed E-state index contributed by atoms with van der Waals surface area (Å²) >= 11 is 7.42. The molecule has 0 aliphatic heterocycles. The molecular weight excluding hydrogens is 232 g/mol. The van der Waals surface area contributed by atoms with Crippen molar-refractivity contribution in [1.82, 2.24) is 9.97 Å². The third-order valence-corrected chi connectivity index (χ3v) is 2.93. The van der Waals surface area contributed by atoms with Gasteiger partial charge in [0.15, 0.2) is 0 Å². The third-order valence-electron chi connectivity index (χ3n) is 1.79. The van der Waals surface area contributed by atoms with Gasteiger partial charge in [-0.25, -0.2) is 9.97 Å². The highest BCUT2D eigenvalue weighted by Crippen LogP contribution is 2.13. The van der Waals surface area contributed by atoms with E-state index in [1.807, 2.05) is 6.07 Å². The molecule has 0 atom stereocenters. The first-order valence-electron chi connectivity index (χ1n) is 4.47. The van der Waals surface area contributed by atoms with Crippen LogP contribution in [0.5, 0.6) is 5.88 Å². The van der Waals surface area contributed by atoms with Gasteiger partial charge in [0, 0.05) is 17.4 Å². The van der Waals surface area contributed by atoms with Gasteiger partial charge < -0.3 is 4.74 Å². The van der Waals surface area contributed by atoms with E-state index in [1.54, 1.807) is 17.4 Å². The van der Waals surface area contributed by atoms with Crippen LogP contribution in [-0.4, -0.2) is 16.6 Å². The average molecular weight is 241 g/mol. The zero-order valence-electron chi connectivity index (χ0n) is 7.89. The van der Waals surface area contributed by atoms with E-state index in [9.17, 15) is 0 Å². The predicted octanol–water partition coefficient (Wildman–Crippen LogP) is 2.81. The molecule has 0 aromatic carbocycles. The van der Waals surface area contributed by atoms with E-state index in [1.165, 1.54) is 11.2 Å². The molecule has 0 unspecified atom stereocenters. The SMILES string of the molecule is Clc1cc(OCCc2cccs2)ncn1. The number of halogens is 1. The fourth-order valence-electron chi connectivity index (χ4n) is 1.11. The predicted molar refractivity (Wildman–Crippen MR) is 60.6 cm³/mol. The van der Waals surface area contributed by atoms with Crippen LogP contribution in [0.1, 0.15) is 4.88 Å². The first-order chi connectivity index (χ1) is 7.34. The normalized spacial score (nSPS) is 10.2. The lowest BCUT2D eigenvalue weighted by atomic mass is 10.4. The van der Waals surface area contributed by atoms with Crippen LogP contribution in [0.25, 0.3) is 0 Å². The second-order valence-corrected chi connectivity index (χ2v) is 4.28. The number of hydrogen-bond donors (Lipinski definition) is 0. The Kier molecular flexibility index (Phi) is 3.53. The Balaban J connectivity index is 1.83. The second kappa shape index (κ2) is 5.09. The molecule has 0 fully saturated rings. The van der Waals surface area contributed by atoms with Crippen molar-refractivity contribution >= 4 is 22.9 Å². The van der Waals surface area contributed by atoms with Crippen molar-refractivity contribution in [2.24, 2.45) is 0 Å². The first kappa shape index (κ1) is 10.4. The van der Waals surface area contributed by atoms with Crippen LogP contribution in [0, 0.1) is 0 Å². The van der Waals surface area contributed by atoms with Gasteiger partial charge in [0.05, 0.1) is 6.61 Å². The summed E-state index contributed by atoms with van der Waals surface area (Å²) in [6.07, 6.45) is 2.28. The zero-order chi connectivity index (χ0) is 10.5. The summed E-state index contributed by atoms with van der Waals surface area (Å²) in [6.45, 7) is 0.605. The molecule has 15 heavy (non-hydrogen) atoms. The van der Waals surface area contributed by atoms with Crippen LogP contribution in [0.2, 0.25) is 5.15 Å². The number of hydrogen-bond acceptors (Lipinski definition) is 4. The summed E-state index contributed by atoms with van der Waals surface area (Å²) in [4.78, 5) is 9.02. The van der Waals surface area contributed by atoms with Crippen LogP contribution in [0.4, 0.5) is 0 Å². The van der Waals surface area contributed by atoms with Crippen molar-refractivity contribution in [1.29, 1.82) is 0 Å². The van der Waals surface area contributed by atoms with Gasteiger partial charge in [-0.3, -0.25) is 0 Å². The molecule has 78 valence electrons. The van der Waals surface area contributed by atoms with Crippen LogP contribution in [0.3, 0.4) is 0 Å². The maximum absolute atomic E-state index is 5.69. The van der Waals surface area contributed by atoms with Crippen LogP contribution < -0.4 is 4.74 Å². The number of aromatic nitrogens is 2. The van der Waals surface area contributed by atoms with E-state index in [-0.39, 0.29) is 0 Å². The maximum Gasteiger partial charge on any atom is 0.217 e. The van der Waals surface area contributed by atoms with E-state index in [0.29, 0.717) is 17.6 Å². The van der Waals surface area contributed by atoms with E-state index in [2.05, 4.69) is 21.4 Å². The van der Waals surface area contributed by atoms with Crippen molar-refractivity contribution in [2.75, 3.05) is 6.61 Å². The van der Waals surface area contributed by atoms with Gasteiger partial charge in [0.1, 0.15) is 11.5 Å². The Hall–Kier alpha value is -1.13. The Morgan fingerprint density at radius 2 is 2.33 bits per heavy atom. The standard InChI is InChI=1S/C10H9ClN2OS/c11-9-6-10(13-7-12-9)14-4-3-8-2-1-5-15-8/h1-2,5-7H,3-4H2. The summed E-state index contributed by atoms with van der Waals surface area (Å²) in [5.74, 6) is 0.520. The fourth-order valence-corrected chi connectivity index (χ4v) is 1.93. The molecular formula is C10H9ClN2OS. The minimum absolute atomic E-state index is 0.399. The number of rotatable bonds is 4. The highest BCUT2D eigenvalue weighted by Gasteiger charge is 1.98. The quantitative estimate of drug-likeness (QED) is 0.771. The number of thiophene rings is 1. The summed E-state index contributed by atoms with van der Waals surface area (Å²) < 4.78 is 5.43. The molecule has 0 aliphatic rings. The van der Waals surface area contributed by atoms with E-state index < -0.39 is 0 Å². The highest BCUT2D eigenvalue weighted by molar-refractivity contribution is 7.09. The number of ether oxygens (including phenoxy) is 1. The molecule has 0 spiro atoms. The minimum atomic E-state index is 0.399. The molecule has 2 aromatic rings. The smallest absolute Gasteiger partial charge is 0.217 e. The van der Waals surface area contributed by atoms with Gasteiger partial charge in [0.2, 0.25) is 5.88 Å². The molecule has 0 saturated heterocycles. The topological polar surface area (TPSA) is 35.0 Å². The van der Waals surface area contributed by atoms with Crippen molar-refractivity contribution < 1.29 is 4.74 Å². The maximum atomic E-state index is 5.69. The lowest BCUT2D eigenvalue weighted by Gasteiger charge is -2.03. The van der Waals surface area contributed by atoms with Gasteiger partial charge in [-0.1, -0.05) is 17.7 Å². The molecule has 5 heteroatoms. The molecule has 2 aromatic heterocycles. The second-order valence-electron chi connectivity index (χ2n) is 2.86. The van der Waals surface area contributed by atoms with Gasteiger partial charge in [-0.05, 0) is 11.4 Å². The van der Waals surface area contributed by atoms with E-state index >= 15 is 0 Å². The lowest BCUT2D eigenvalue weighted by molar-refractivity contribution is 0.310. The van der Waals surface area contributed by atoms with E-state index in [4.69, 9.17) is 16.3 Å². The van der Waals surface area contributed by atoms with Gasteiger partial charge >= 0.3 is 0 Å². The molecule has 0 bridgehead atoms. The average Bonchev–Trinajstić information content (AvgIpc) is 2.71. The Labute approximate surface area is 96.7 Å². The fraction of sp³-hybridized carbons (Fsp3) is 0.200. The number of nitrogens with zero attached hydrogens (tertiary/aromatic N) is 2. The molecule has 0 amide bonds. The molecule has 0 aliphatic carbocycles. The molecule has 0 radical (unpaired) electrons. The van der Waals surface area contributed by atoms with Crippen LogP contribution in [-0.2, 0) is 6.42 Å². The summed E-state index contributed by atoms with van der Waals surface area (Å²) in [5, 5.41) is 2.45. The Morgan fingerprint density at radius 1 is 1.40 bits per heavy atom. The monoisotopic (exact) mass is 240 g/mol. The Bertz CT molecular complexity index is 419. The summed E-state index contributed by atoms with van der Waals surface area (Å²) in [5.41, 5.74) is 0. The van der Waals surface area contributed by atoms with Crippen molar-refractivity contribution in [3.63, 3.8) is 0 Å². The Morgan fingerprint density at radius 3 is 3.07 bits per heavy atom.